The van der Waals surface area contributed by atoms with Crippen molar-refractivity contribution in [3.05, 3.63) is 29.8 Å². The molecule has 0 bridgehead atoms. The molecule has 2 amide bonds. The lowest BCUT2D eigenvalue weighted by atomic mass is 9.98. The van der Waals surface area contributed by atoms with Crippen LogP contribution >= 0.6 is 11.8 Å². The molecule has 1 aromatic rings. The standard InChI is InChI=1S/C19H27N3O2S/c1-14-6-9-22(10-7-14)19(24)15-2-4-16(5-3-15)21-18(23)12-17-13-25-11-8-20-17/h2-5,14,17,20H,6-13H2,1H3,(H,21,23). The third-order valence-electron chi connectivity index (χ3n) is 4.92. The van der Waals surface area contributed by atoms with Gasteiger partial charge in [-0.3, -0.25) is 9.59 Å². The third-order valence-corrected chi connectivity index (χ3v) is 6.05. The monoisotopic (exact) mass is 361 g/mol. The number of carbonyl (C=O) groups is 2. The average molecular weight is 362 g/mol. The van der Waals surface area contributed by atoms with Crippen molar-refractivity contribution in [2.24, 2.45) is 5.92 Å². The zero-order valence-corrected chi connectivity index (χ0v) is 15.6. The number of amides is 2. The summed E-state index contributed by atoms with van der Waals surface area (Å²) in [5, 5.41) is 6.29. The second kappa shape index (κ2) is 8.72. The first-order chi connectivity index (χ1) is 12.1. The van der Waals surface area contributed by atoms with Crippen LogP contribution in [0, 0.1) is 5.92 Å². The van der Waals surface area contributed by atoms with Gasteiger partial charge in [0, 0.05) is 54.9 Å². The molecule has 0 aliphatic carbocycles. The average Bonchev–Trinajstić information content (AvgIpc) is 2.63. The number of nitrogens with zero attached hydrogens (tertiary/aromatic N) is 1. The SMILES string of the molecule is CC1CCN(C(=O)c2ccc(NC(=O)CC3CSCCN3)cc2)CC1. The first kappa shape index (κ1) is 18.3. The Labute approximate surface area is 153 Å². The Bertz CT molecular complexity index is 591. The number of hydrogen-bond acceptors (Lipinski definition) is 4. The van der Waals surface area contributed by atoms with Crippen LogP contribution in [0.15, 0.2) is 24.3 Å². The Morgan fingerprint density at radius 3 is 2.60 bits per heavy atom. The van der Waals surface area contributed by atoms with Crippen LogP contribution in [0.5, 0.6) is 0 Å². The Morgan fingerprint density at radius 2 is 1.96 bits per heavy atom. The van der Waals surface area contributed by atoms with Gasteiger partial charge in [0.05, 0.1) is 0 Å². The minimum atomic E-state index is 0.0177. The summed E-state index contributed by atoms with van der Waals surface area (Å²) in [6.07, 6.45) is 2.64. The van der Waals surface area contributed by atoms with Gasteiger partial charge in [-0.05, 0) is 43.0 Å². The Kier molecular flexibility index (Phi) is 6.37. The molecule has 2 saturated heterocycles. The summed E-state index contributed by atoms with van der Waals surface area (Å²) in [5.74, 6) is 2.91. The van der Waals surface area contributed by atoms with E-state index in [1.807, 2.05) is 40.9 Å². The fraction of sp³-hybridized carbons (Fsp3) is 0.579. The van der Waals surface area contributed by atoms with Gasteiger partial charge in [-0.1, -0.05) is 6.92 Å². The van der Waals surface area contributed by atoms with E-state index < -0.39 is 0 Å². The second-order valence-corrected chi connectivity index (χ2v) is 8.18. The molecule has 1 atom stereocenters. The summed E-state index contributed by atoms with van der Waals surface area (Å²) in [7, 11) is 0. The van der Waals surface area contributed by atoms with Crippen molar-refractivity contribution in [2.75, 3.05) is 36.5 Å². The molecule has 5 nitrogen and oxygen atoms in total. The highest BCUT2D eigenvalue weighted by atomic mass is 32.2. The molecule has 0 radical (unpaired) electrons. The maximum absolute atomic E-state index is 12.5. The number of hydrogen-bond donors (Lipinski definition) is 2. The van der Waals surface area contributed by atoms with E-state index in [4.69, 9.17) is 0 Å². The summed E-state index contributed by atoms with van der Waals surface area (Å²) in [5.41, 5.74) is 1.44. The zero-order valence-electron chi connectivity index (χ0n) is 14.8. The molecular weight excluding hydrogens is 334 g/mol. The highest BCUT2D eigenvalue weighted by Gasteiger charge is 2.21. The van der Waals surface area contributed by atoms with Crippen LogP contribution in [0.3, 0.4) is 0 Å². The Balaban J connectivity index is 1.51. The summed E-state index contributed by atoms with van der Waals surface area (Å²) in [6.45, 7) is 4.88. The van der Waals surface area contributed by atoms with E-state index in [1.54, 1.807) is 0 Å². The maximum atomic E-state index is 12.5. The van der Waals surface area contributed by atoms with Crippen molar-refractivity contribution >= 4 is 29.3 Å². The molecule has 2 heterocycles. The molecule has 2 fully saturated rings. The number of nitrogens with one attached hydrogen (secondary N) is 2. The van der Waals surface area contributed by atoms with Crippen molar-refractivity contribution in [1.82, 2.24) is 10.2 Å². The van der Waals surface area contributed by atoms with Gasteiger partial charge in [-0.25, -0.2) is 0 Å². The van der Waals surface area contributed by atoms with E-state index in [1.165, 1.54) is 0 Å². The predicted molar refractivity (Wildman–Crippen MR) is 103 cm³/mol. The van der Waals surface area contributed by atoms with Gasteiger partial charge < -0.3 is 15.5 Å². The van der Waals surface area contributed by atoms with Crippen LogP contribution in [0.4, 0.5) is 5.69 Å². The van der Waals surface area contributed by atoms with Gasteiger partial charge >= 0.3 is 0 Å². The third kappa shape index (κ3) is 5.22. The zero-order chi connectivity index (χ0) is 17.6. The number of thioether (sulfide) groups is 1. The van der Waals surface area contributed by atoms with Crippen LogP contribution in [0.25, 0.3) is 0 Å². The number of anilines is 1. The topological polar surface area (TPSA) is 61.4 Å². The molecule has 6 heteroatoms. The maximum Gasteiger partial charge on any atom is 0.253 e. The fourth-order valence-electron chi connectivity index (χ4n) is 3.28. The van der Waals surface area contributed by atoms with Gasteiger partial charge in [0.2, 0.25) is 5.91 Å². The Morgan fingerprint density at radius 1 is 1.24 bits per heavy atom. The summed E-state index contributed by atoms with van der Waals surface area (Å²) in [6, 6.07) is 7.51. The second-order valence-electron chi connectivity index (χ2n) is 7.03. The lowest BCUT2D eigenvalue weighted by Gasteiger charge is -2.30. The quantitative estimate of drug-likeness (QED) is 0.865. The van der Waals surface area contributed by atoms with Crippen LogP contribution in [0.2, 0.25) is 0 Å². The minimum Gasteiger partial charge on any atom is -0.339 e. The summed E-state index contributed by atoms with van der Waals surface area (Å²) in [4.78, 5) is 26.6. The minimum absolute atomic E-state index is 0.0177. The molecule has 0 spiro atoms. The van der Waals surface area contributed by atoms with Crippen LogP contribution in [0.1, 0.15) is 36.5 Å². The van der Waals surface area contributed by atoms with Gasteiger partial charge in [0.25, 0.3) is 5.91 Å². The number of carbonyl (C=O) groups excluding carboxylic acids is 2. The molecule has 1 unspecified atom stereocenters. The van der Waals surface area contributed by atoms with Crippen molar-refractivity contribution in [2.45, 2.75) is 32.2 Å². The first-order valence-electron chi connectivity index (χ1n) is 9.12. The molecule has 0 saturated carbocycles. The van der Waals surface area contributed by atoms with E-state index in [-0.39, 0.29) is 17.9 Å². The summed E-state index contributed by atoms with van der Waals surface area (Å²) >= 11 is 1.89. The smallest absolute Gasteiger partial charge is 0.253 e. The number of benzene rings is 1. The van der Waals surface area contributed by atoms with E-state index >= 15 is 0 Å². The number of likely N-dealkylation sites (tertiary alicyclic amines) is 1. The molecule has 136 valence electrons. The van der Waals surface area contributed by atoms with Crippen LogP contribution < -0.4 is 10.6 Å². The van der Waals surface area contributed by atoms with Crippen LogP contribution in [-0.2, 0) is 4.79 Å². The van der Waals surface area contributed by atoms with Gasteiger partial charge in [0.15, 0.2) is 0 Å². The van der Waals surface area contributed by atoms with E-state index in [9.17, 15) is 9.59 Å². The molecule has 3 rings (SSSR count). The molecule has 1 aromatic carbocycles. The van der Waals surface area contributed by atoms with Crippen LogP contribution in [-0.4, -0.2) is 53.9 Å². The van der Waals surface area contributed by atoms with E-state index in [0.717, 1.165) is 49.7 Å². The fourth-order valence-corrected chi connectivity index (χ4v) is 4.23. The molecule has 25 heavy (non-hydrogen) atoms. The normalized spacial score (nSPS) is 21.8. The number of rotatable bonds is 4. The molecule has 2 N–H and O–H groups in total. The molecule has 2 aliphatic rings. The summed E-state index contributed by atoms with van der Waals surface area (Å²) < 4.78 is 0. The van der Waals surface area contributed by atoms with Crippen molar-refractivity contribution in [1.29, 1.82) is 0 Å². The van der Waals surface area contributed by atoms with Gasteiger partial charge in [0.1, 0.15) is 0 Å². The van der Waals surface area contributed by atoms with Crippen molar-refractivity contribution < 1.29 is 9.59 Å². The first-order valence-corrected chi connectivity index (χ1v) is 10.3. The van der Waals surface area contributed by atoms with E-state index in [2.05, 4.69) is 17.6 Å². The molecule has 2 aliphatic heterocycles. The predicted octanol–water partition coefficient (Wildman–Crippen LogP) is 2.59. The van der Waals surface area contributed by atoms with Crippen molar-refractivity contribution in [3.63, 3.8) is 0 Å². The number of piperidine rings is 1. The lowest BCUT2D eigenvalue weighted by molar-refractivity contribution is -0.116. The molecular formula is C19H27N3O2S. The molecule has 0 aromatic heterocycles. The van der Waals surface area contributed by atoms with E-state index in [0.29, 0.717) is 17.9 Å². The Hall–Kier alpha value is -1.53. The highest BCUT2D eigenvalue weighted by molar-refractivity contribution is 7.99. The highest BCUT2D eigenvalue weighted by Crippen LogP contribution is 2.19. The lowest BCUT2D eigenvalue weighted by Crippen LogP contribution is -2.39. The van der Waals surface area contributed by atoms with Gasteiger partial charge in [-0.2, -0.15) is 11.8 Å². The van der Waals surface area contributed by atoms with Crippen molar-refractivity contribution in [3.8, 4) is 0 Å². The largest absolute Gasteiger partial charge is 0.339 e. The van der Waals surface area contributed by atoms with Gasteiger partial charge in [-0.15, -0.1) is 0 Å².